The third kappa shape index (κ3) is 3.32. The van der Waals surface area contributed by atoms with Crippen molar-refractivity contribution in [3.63, 3.8) is 0 Å². The molecule has 1 aliphatic rings. The predicted molar refractivity (Wildman–Crippen MR) is 115 cm³/mol. The highest BCUT2D eigenvalue weighted by Crippen LogP contribution is 2.31. The first-order valence-corrected chi connectivity index (χ1v) is 10.3. The quantitative estimate of drug-likeness (QED) is 0.402. The molecule has 0 saturated carbocycles. The first-order valence-electron chi connectivity index (χ1n) is 9.22. The highest BCUT2D eigenvalue weighted by molar-refractivity contribution is 14.1. The molecule has 0 spiro atoms. The molecule has 1 fully saturated rings. The van der Waals surface area contributed by atoms with Gasteiger partial charge in [-0.15, -0.1) is 0 Å². The van der Waals surface area contributed by atoms with Crippen LogP contribution in [-0.2, 0) is 0 Å². The third-order valence-corrected chi connectivity index (χ3v) is 6.29. The number of likely N-dealkylation sites (tertiary alicyclic amines) is 1. The van der Waals surface area contributed by atoms with E-state index in [4.69, 9.17) is 0 Å². The maximum atomic E-state index is 13.3. The van der Waals surface area contributed by atoms with Gasteiger partial charge in [0.15, 0.2) is 5.78 Å². The molecule has 0 aliphatic carbocycles. The van der Waals surface area contributed by atoms with Crippen molar-refractivity contribution in [1.29, 1.82) is 0 Å². The molecule has 1 aliphatic heterocycles. The average molecular weight is 458 g/mol. The van der Waals surface area contributed by atoms with E-state index in [2.05, 4.69) is 63.5 Å². The second kappa shape index (κ2) is 7.53. The van der Waals surface area contributed by atoms with Crippen molar-refractivity contribution in [3.8, 4) is 0 Å². The molecule has 134 valence electrons. The number of hydrogen-bond acceptors (Lipinski definition) is 2. The van der Waals surface area contributed by atoms with E-state index >= 15 is 0 Å². The Balaban J connectivity index is 1.82. The molecule has 1 unspecified atom stereocenters. The number of ketones is 1. The van der Waals surface area contributed by atoms with Crippen LogP contribution in [0.15, 0.2) is 54.7 Å². The zero-order chi connectivity index (χ0) is 18.1. The van der Waals surface area contributed by atoms with Gasteiger partial charge in [-0.1, -0.05) is 36.8 Å². The number of carbonyl (C=O) groups excluding carboxylic acids is 1. The molecule has 4 rings (SSSR count). The van der Waals surface area contributed by atoms with Crippen molar-refractivity contribution in [1.82, 2.24) is 9.47 Å². The van der Waals surface area contributed by atoms with E-state index in [1.807, 2.05) is 30.3 Å². The van der Waals surface area contributed by atoms with Gasteiger partial charge in [0.05, 0.1) is 0 Å². The van der Waals surface area contributed by atoms with Gasteiger partial charge in [-0.2, -0.15) is 0 Å². The normalized spacial score (nSPS) is 18.8. The lowest BCUT2D eigenvalue weighted by atomic mass is 10.0. The predicted octanol–water partition coefficient (Wildman–Crippen LogP) is 5.13. The lowest BCUT2D eigenvalue weighted by Crippen LogP contribution is -2.25. The largest absolute Gasteiger partial charge is 0.342 e. The summed E-state index contributed by atoms with van der Waals surface area (Å²) in [5, 5.41) is 1.06. The van der Waals surface area contributed by atoms with Crippen LogP contribution in [0.3, 0.4) is 0 Å². The minimum atomic E-state index is 0.118. The second-order valence-corrected chi connectivity index (χ2v) is 8.35. The standard InChI is InChI=1S/C22H23IN2O/c1-24-13-7-6-8-16(14-24)25-15-19(17-9-3-5-12-21(17)25)22(26)18-10-2-4-11-20(18)23/h2-5,9-12,15-16H,6-8,13-14H2,1H3. The summed E-state index contributed by atoms with van der Waals surface area (Å²) in [6.07, 6.45) is 5.75. The van der Waals surface area contributed by atoms with Crippen LogP contribution in [0, 0.1) is 3.57 Å². The second-order valence-electron chi connectivity index (χ2n) is 7.19. The molecule has 26 heavy (non-hydrogen) atoms. The van der Waals surface area contributed by atoms with Crippen molar-refractivity contribution < 1.29 is 4.79 Å². The molecule has 0 N–H and O–H groups in total. The molecular formula is C22H23IN2O. The molecule has 0 bridgehead atoms. The average Bonchev–Trinajstić information content (AvgIpc) is 2.90. The lowest BCUT2D eigenvalue weighted by molar-refractivity contribution is 0.103. The summed E-state index contributed by atoms with van der Waals surface area (Å²) in [6.45, 7) is 2.19. The fourth-order valence-corrected chi connectivity index (χ4v) is 4.64. The minimum absolute atomic E-state index is 0.118. The van der Waals surface area contributed by atoms with Crippen LogP contribution in [0.1, 0.15) is 41.2 Å². The number of rotatable bonds is 3. The number of carbonyl (C=O) groups is 1. The number of hydrogen-bond donors (Lipinski definition) is 0. The number of nitrogens with zero attached hydrogens (tertiary/aromatic N) is 2. The topological polar surface area (TPSA) is 25.2 Å². The number of likely N-dealkylation sites (N-methyl/N-ethyl adjacent to an activating group) is 1. The summed E-state index contributed by atoms with van der Waals surface area (Å²) in [7, 11) is 2.20. The third-order valence-electron chi connectivity index (χ3n) is 5.35. The van der Waals surface area contributed by atoms with Gasteiger partial charge in [-0.05, 0) is 67.2 Å². The Labute approximate surface area is 168 Å². The van der Waals surface area contributed by atoms with E-state index in [1.54, 1.807) is 0 Å². The highest BCUT2D eigenvalue weighted by Gasteiger charge is 2.23. The van der Waals surface area contributed by atoms with E-state index in [-0.39, 0.29) is 5.78 Å². The number of benzene rings is 2. The van der Waals surface area contributed by atoms with Gasteiger partial charge in [0.1, 0.15) is 0 Å². The first-order chi connectivity index (χ1) is 12.6. The number of aromatic nitrogens is 1. The van der Waals surface area contributed by atoms with Crippen molar-refractivity contribution in [3.05, 3.63) is 69.4 Å². The summed E-state index contributed by atoms with van der Waals surface area (Å²) in [5.41, 5.74) is 2.77. The minimum Gasteiger partial charge on any atom is -0.342 e. The van der Waals surface area contributed by atoms with Gasteiger partial charge >= 0.3 is 0 Å². The van der Waals surface area contributed by atoms with Crippen molar-refractivity contribution >= 4 is 39.3 Å². The molecule has 3 nitrogen and oxygen atoms in total. The van der Waals surface area contributed by atoms with Gasteiger partial charge in [0.25, 0.3) is 0 Å². The molecule has 4 heteroatoms. The molecular weight excluding hydrogens is 435 g/mol. The van der Waals surface area contributed by atoms with Gasteiger partial charge < -0.3 is 9.47 Å². The Bertz CT molecular complexity index is 946. The van der Waals surface area contributed by atoms with Gasteiger partial charge in [-0.25, -0.2) is 0 Å². The van der Waals surface area contributed by atoms with Crippen LogP contribution < -0.4 is 0 Å². The highest BCUT2D eigenvalue weighted by atomic mass is 127. The Hall–Kier alpha value is -1.66. The zero-order valence-electron chi connectivity index (χ0n) is 15.0. The van der Waals surface area contributed by atoms with Crippen LogP contribution in [-0.4, -0.2) is 35.4 Å². The summed E-state index contributed by atoms with van der Waals surface area (Å²) >= 11 is 2.25. The maximum absolute atomic E-state index is 13.3. The maximum Gasteiger partial charge on any atom is 0.196 e. The van der Waals surface area contributed by atoms with Crippen LogP contribution in [0.4, 0.5) is 0 Å². The molecule has 1 saturated heterocycles. The van der Waals surface area contributed by atoms with Crippen LogP contribution in [0.25, 0.3) is 10.9 Å². The molecule has 2 aromatic carbocycles. The zero-order valence-corrected chi connectivity index (χ0v) is 17.1. The number of halogens is 1. The monoisotopic (exact) mass is 458 g/mol. The lowest BCUT2D eigenvalue weighted by Gasteiger charge is -2.22. The van der Waals surface area contributed by atoms with Crippen LogP contribution in [0.5, 0.6) is 0 Å². The molecule has 0 amide bonds. The summed E-state index contributed by atoms with van der Waals surface area (Å²) < 4.78 is 3.35. The summed E-state index contributed by atoms with van der Waals surface area (Å²) in [5.74, 6) is 0.118. The Morgan fingerprint density at radius 3 is 2.65 bits per heavy atom. The number of fused-ring (bicyclic) bond motifs is 1. The van der Waals surface area contributed by atoms with E-state index in [9.17, 15) is 4.79 Å². The fourth-order valence-electron chi connectivity index (χ4n) is 4.01. The van der Waals surface area contributed by atoms with Crippen LogP contribution >= 0.6 is 22.6 Å². The molecule has 2 heterocycles. The van der Waals surface area contributed by atoms with Gasteiger partial charge in [0.2, 0.25) is 0 Å². The Morgan fingerprint density at radius 2 is 1.81 bits per heavy atom. The SMILES string of the molecule is CN1CCCCC(n2cc(C(=O)c3ccccc3I)c3ccccc32)C1. The molecule has 1 aromatic heterocycles. The van der Waals surface area contributed by atoms with Gasteiger partial charge in [0, 0.05) is 44.4 Å². The molecule has 0 radical (unpaired) electrons. The molecule has 1 atom stereocenters. The van der Waals surface area contributed by atoms with E-state index in [0.29, 0.717) is 6.04 Å². The summed E-state index contributed by atoms with van der Waals surface area (Å²) in [6, 6.07) is 16.6. The first kappa shape index (κ1) is 17.7. The summed E-state index contributed by atoms with van der Waals surface area (Å²) in [4.78, 5) is 15.7. The van der Waals surface area contributed by atoms with Gasteiger partial charge in [-0.3, -0.25) is 4.79 Å². The molecule has 3 aromatic rings. The van der Waals surface area contributed by atoms with E-state index in [1.165, 1.54) is 24.8 Å². The fraction of sp³-hybridized carbons (Fsp3) is 0.318. The van der Waals surface area contributed by atoms with E-state index in [0.717, 1.165) is 33.2 Å². The Kier molecular flexibility index (Phi) is 5.14. The van der Waals surface area contributed by atoms with Crippen molar-refractivity contribution in [2.75, 3.05) is 20.1 Å². The van der Waals surface area contributed by atoms with E-state index < -0.39 is 0 Å². The van der Waals surface area contributed by atoms with Crippen molar-refractivity contribution in [2.45, 2.75) is 25.3 Å². The Morgan fingerprint density at radius 1 is 1.04 bits per heavy atom. The van der Waals surface area contributed by atoms with Crippen molar-refractivity contribution in [2.24, 2.45) is 0 Å². The smallest absolute Gasteiger partial charge is 0.196 e. The number of para-hydroxylation sites is 1. The van der Waals surface area contributed by atoms with Crippen LogP contribution in [0.2, 0.25) is 0 Å².